The number of allylic oxidation sites excluding steroid dienone is 1. The first-order valence-electron chi connectivity index (χ1n) is 12.1. The first-order chi connectivity index (χ1) is 19.4. The van der Waals surface area contributed by atoms with Crippen LogP contribution in [0.1, 0.15) is 21.8 Å². The van der Waals surface area contributed by atoms with E-state index in [1.54, 1.807) is 78.9 Å². The van der Waals surface area contributed by atoms with E-state index in [1.807, 2.05) is 0 Å². The Bertz CT molecular complexity index is 1570. The van der Waals surface area contributed by atoms with Crippen molar-refractivity contribution in [1.82, 2.24) is 0 Å². The van der Waals surface area contributed by atoms with Gasteiger partial charge in [-0.1, -0.05) is 48.5 Å². The normalized spacial score (nSPS) is 14.8. The number of nitrogens with two attached hydrogens (primary N) is 1. The van der Waals surface area contributed by atoms with Gasteiger partial charge in [0, 0.05) is 11.4 Å². The van der Waals surface area contributed by atoms with E-state index in [1.165, 1.54) is 26.2 Å². The molecule has 0 aromatic heterocycles. The van der Waals surface area contributed by atoms with E-state index in [9.17, 15) is 19.6 Å². The number of carbonyl (C=O) groups is 3. The van der Waals surface area contributed by atoms with Gasteiger partial charge >= 0.3 is 11.9 Å². The zero-order valence-electron chi connectivity index (χ0n) is 22.0. The van der Waals surface area contributed by atoms with Crippen LogP contribution in [0.4, 0.5) is 11.4 Å². The molecule has 0 spiro atoms. The van der Waals surface area contributed by atoms with Crippen molar-refractivity contribution in [1.29, 1.82) is 5.26 Å². The van der Waals surface area contributed by atoms with Crippen molar-refractivity contribution in [3.8, 4) is 11.8 Å². The summed E-state index contributed by atoms with van der Waals surface area (Å²) in [5.41, 5.74) is 7.76. The maximum absolute atomic E-state index is 13.2. The van der Waals surface area contributed by atoms with Crippen molar-refractivity contribution in [2.75, 3.05) is 31.5 Å². The number of nitriles is 1. The molecule has 0 saturated heterocycles. The van der Waals surface area contributed by atoms with Crippen LogP contribution < -0.4 is 20.7 Å². The Morgan fingerprint density at radius 2 is 1.57 bits per heavy atom. The van der Waals surface area contributed by atoms with Crippen LogP contribution in [0, 0.1) is 11.3 Å². The molecular formula is C30H26N4O6. The molecule has 4 rings (SSSR count). The summed E-state index contributed by atoms with van der Waals surface area (Å²) in [5.74, 6) is -2.82. The molecule has 10 nitrogen and oxygen atoms in total. The fraction of sp³-hybridized carbons (Fsp3) is 0.133. The molecule has 202 valence electrons. The number of rotatable bonds is 7. The third kappa shape index (κ3) is 5.08. The fourth-order valence-corrected chi connectivity index (χ4v) is 4.53. The van der Waals surface area contributed by atoms with Crippen molar-refractivity contribution < 1.29 is 28.6 Å². The molecule has 3 aromatic carbocycles. The van der Waals surface area contributed by atoms with Crippen LogP contribution in [0.3, 0.4) is 0 Å². The second-order valence-electron chi connectivity index (χ2n) is 8.54. The zero-order chi connectivity index (χ0) is 28.8. The molecule has 1 heterocycles. The van der Waals surface area contributed by atoms with Crippen molar-refractivity contribution >= 4 is 29.2 Å². The van der Waals surface area contributed by atoms with Gasteiger partial charge in [-0.25, -0.2) is 9.59 Å². The molecule has 3 aromatic rings. The number of carbonyl (C=O) groups excluding carboxylic acids is 3. The summed E-state index contributed by atoms with van der Waals surface area (Å²) in [5, 5.41) is 13.0. The third-order valence-electron chi connectivity index (χ3n) is 6.32. The Balaban J connectivity index is 1.88. The highest BCUT2D eigenvalue weighted by Gasteiger charge is 2.43. The van der Waals surface area contributed by atoms with Crippen molar-refractivity contribution in [2.45, 2.75) is 5.92 Å². The van der Waals surface area contributed by atoms with Gasteiger partial charge in [0.2, 0.25) is 0 Å². The average molecular weight is 539 g/mol. The first-order valence-corrected chi connectivity index (χ1v) is 12.1. The second-order valence-corrected chi connectivity index (χ2v) is 8.54. The molecule has 0 bridgehead atoms. The zero-order valence-corrected chi connectivity index (χ0v) is 22.0. The lowest BCUT2D eigenvalue weighted by atomic mass is 9.81. The summed E-state index contributed by atoms with van der Waals surface area (Å²) in [7, 11) is 3.81. The molecule has 1 unspecified atom stereocenters. The molecule has 3 N–H and O–H groups in total. The number of esters is 2. The van der Waals surface area contributed by atoms with E-state index in [-0.39, 0.29) is 28.4 Å². The summed E-state index contributed by atoms with van der Waals surface area (Å²) in [6.07, 6.45) is 0. The van der Waals surface area contributed by atoms with Gasteiger partial charge in [0.15, 0.2) is 0 Å². The van der Waals surface area contributed by atoms with Gasteiger partial charge in [0.05, 0.1) is 50.0 Å². The summed E-state index contributed by atoms with van der Waals surface area (Å²) in [6, 6.07) is 24.0. The highest BCUT2D eigenvalue weighted by atomic mass is 16.5. The minimum absolute atomic E-state index is 0.0303. The van der Waals surface area contributed by atoms with E-state index in [4.69, 9.17) is 19.9 Å². The number of benzene rings is 3. The Morgan fingerprint density at radius 1 is 0.900 bits per heavy atom. The molecule has 1 aliphatic rings. The molecule has 10 heteroatoms. The molecule has 0 saturated carbocycles. The van der Waals surface area contributed by atoms with E-state index in [0.29, 0.717) is 22.6 Å². The monoisotopic (exact) mass is 538 g/mol. The minimum atomic E-state index is -0.988. The number of hydrogen-bond donors (Lipinski definition) is 2. The predicted octanol–water partition coefficient (Wildman–Crippen LogP) is 3.85. The summed E-state index contributed by atoms with van der Waals surface area (Å²) >= 11 is 0. The number of para-hydroxylation sites is 1. The van der Waals surface area contributed by atoms with Crippen LogP contribution >= 0.6 is 0 Å². The van der Waals surface area contributed by atoms with Gasteiger partial charge in [-0.3, -0.25) is 9.69 Å². The molecule has 0 fully saturated rings. The maximum Gasteiger partial charge on any atom is 0.355 e. The SMILES string of the molecule is COC(=O)C1=C(C(=O)OC)N(c2cccc(NC(=O)c3ccccc3OC)c2)C(N)=C(C#N)C1c1ccccc1. The van der Waals surface area contributed by atoms with Gasteiger partial charge in [0.25, 0.3) is 5.91 Å². The fourth-order valence-electron chi connectivity index (χ4n) is 4.53. The van der Waals surface area contributed by atoms with Crippen molar-refractivity contribution in [3.05, 3.63) is 113 Å². The molecule has 1 aliphatic heterocycles. The summed E-state index contributed by atoms with van der Waals surface area (Å²) in [4.78, 5) is 40.7. The van der Waals surface area contributed by atoms with Crippen molar-refractivity contribution in [3.63, 3.8) is 0 Å². The summed E-state index contributed by atoms with van der Waals surface area (Å²) in [6.45, 7) is 0. The number of nitrogens with zero attached hydrogens (tertiary/aromatic N) is 2. The van der Waals surface area contributed by atoms with Crippen LogP contribution in [0.15, 0.2) is 102 Å². The smallest absolute Gasteiger partial charge is 0.355 e. The van der Waals surface area contributed by atoms with E-state index in [0.717, 1.165) is 0 Å². The van der Waals surface area contributed by atoms with Crippen LogP contribution in [0.25, 0.3) is 0 Å². The number of amides is 1. The Hall–Kier alpha value is -5.56. The van der Waals surface area contributed by atoms with E-state index >= 15 is 0 Å². The van der Waals surface area contributed by atoms with E-state index < -0.39 is 23.8 Å². The number of ether oxygens (including phenoxy) is 3. The number of methoxy groups -OCH3 is 3. The first kappa shape index (κ1) is 27.5. The summed E-state index contributed by atoms with van der Waals surface area (Å²) < 4.78 is 15.4. The third-order valence-corrected chi connectivity index (χ3v) is 6.32. The predicted molar refractivity (Wildman–Crippen MR) is 147 cm³/mol. The molecule has 40 heavy (non-hydrogen) atoms. The van der Waals surface area contributed by atoms with Crippen LogP contribution in [-0.2, 0) is 19.1 Å². The van der Waals surface area contributed by atoms with Gasteiger partial charge in [-0.15, -0.1) is 0 Å². The quantitative estimate of drug-likeness (QED) is 0.429. The van der Waals surface area contributed by atoms with Gasteiger partial charge < -0.3 is 25.3 Å². The second kappa shape index (κ2) is 11.9. The molecule has 1 atom stereocenters. The minimum Gasteiger partial charge on any atom is -0.496 e. The lowest BCUT2D eigenvalue weighted by Gasteiger charge is -2.36. The van der Waals surface area contributed by atoms with Crippen LogP contribution in [0.2, 0.25) is 0 Å². The largest absolute Gasteiger partial charge is 0.496 e. The van der Waals surface area contributed by atoms with E-state index in [2.05, 4.69) is 11.4 Å². The number of nitrogens with one attached hydrogen (secondary N) is 1. The van der Waals surface area contributed by atoms with Crippen LogP contribution in [-0.4, -0.2) is 39.2 Å². The Morgan fingerprint density at radius 3 is 2.23 bits per heavy atom. The van der Waals surface area contributed by atoms with Gasteiger partial charge in [-0.05, 0) is 35.9 Å². The lowest BCUT2D eigenvalue weighted by Crippen LogP contribution is -2.40. The highest BCUT2D eigenvalue weighted by molar-refractivity contribution is 6.08. The van der Waals surface area contributed by atoms with Crippen LogP contribution in [0.5, 0.6) is 5.75 Å². The van der Waals surface area contributed by atoms with Gasteiger partial charge in [-0.2, -0.15) is 5.26 Å². The topological polar surface area (TPSA) is 144 Å². The number of anilines is 2. The van der Waals surface area contributed by atoms with Crippen molar-refractivity contribution in [2.24, 2.45) is 5.73 Å². The lowest BCUT2D eigenvalue weighted by molar-refractivity contribution is -0.139. The molecule has 0 radical (unpaired) electrons. The standard InChI is InChI=1S/C30H26N4O6/c1-38-23-15-8-7-14-21(23)28(35)33-19-12-9-13-20(16-19)34-26(30(37)40-3)25(29(36)39-2)24(22(17-31)27(34)32)18-10-5-4-6-11-18/h4-16,24H,32H2,1-3H3,(H,33,35). The average Bonchev–Trinajstić information content (AvgIpc) is 3.00. The van der Waals surface area contributed by atoms with Gasteiger partial charge in [0.1, 0.15) is 17.3 Å². The Kier molecular flexibility index (Phi) is 8.16. The Labute approximate surface area is 230 Å². The molecule has 0 aliphatic carbocycles. The highest BCUT2D eigenvalue weighted by Crippen LogP contribution is 2.43. The maximum atomic E-state index is 13.2. The molecule has 1 amide bonds. The number of hydrogen-bond acceptors (Lipinski definition) is 9. The molecular weight excluding hydrogens is 512 g/mol.